The highest BCUT2D eigenvalue weighted by Crippen LogP contribution is 2.09. The molecule has 0 aliphatic rings. The molecule has 90 valence electrons. The number of benzene rings is 1. The number of aromatic nitrogens is 3. The molecule has 0 aliphatic carbocycles. The van der Waals surface area contributed by atoms with Crippen molar-refractivity contribution in [1.82, 2.24) is 14.8 Å². The van der Waals surface area contributed by atoms with Crippen LogP contribution in [-0.2, 0) is 19.9 Å². The van der Waals surface area contributed by atoms with Gasteiger partial charge in [-0.3, -0.25) is 4.68 Å². The number of hydrogen-bond acceptors (Lipinski definition) is 3. The van der Waals surface area contributed by atoms with E-state index in [9.17, 15) is 0 Å². The number of hydrogen-bond donors (Lipinski definition) is 1. The molecule has 0 saturated carbocycles. The highest BCUT2D eigenvalue weighted by Gasteiger charge is 2.07. The van der Waals surface area contributed by atoms with Gasteiger partial charge in [-0.25, -0.2) is 4.98 Å². The summed E-state index contributed by atoms with van der Waals surface area (Å²) in [6.45, 7) is 2.68. The average molecular weight is 230 g/mol. The average Bonchev–Trinajstić information content (AvgIpc) is 2.63. The molecule has 0 radical (unpaired) electrons. The molecule has 0 saturated heterocycles. The van der Waals surface area contributed by atoms with E-state index < -0.39 is 0 Å². The van der Waals surface area contributed by atoms with Crippen LogP contribution in [0.2, 0.25) is 0 Å². The number of aryl methyl sites for hydroxylation is 2. The summed E-state index contributed by atoms with van der Waals surface area (Å²) >= 11 is 0. The second kappa shape index (κ2) is 5.10. The van der Waals surface area contributed by atoms with Crippen LogP contribution in [0.4, 0.5) is 0 Å². The predicted molar refractivity (Wildman–Crippen MR) is 67.7 cm³/mol. The Bertz CT molecular complexity index is 485. The van der Waals surface area contributed by atoms with E-state index >= 15 is 0 Å². The van der Waals surface area contributed by atoms with Crippen LogP contribution in [0, 0.1) is 6.92 Å². The van der Waals surface area contributed by atoms with E-state index in [1.54, 1.807) is 0 Å². The van der Waals surface area contributed by atoms with Crippen LogP contribution in [0.1, 0.15) is 22.8 Å². The van der Waals surface area contributed by atoms with Gasteiger partial charge in [0, 0.05) is 19.9 Å². The number of nitrogens with two attached hydrogens (primary N) is 1. The van der Waals surface area contributed by atoms with E-state index in [0.717, 1.165) is 24.5 Å². The molecule has 0 atom stereocenters. The lowest BCUT2D eigenvalue weighted by molar-refractivity contribution is 0.704. The second-order valence-electron chi connectivity index (χ2n) is 4.27. The molecule has 0 fully saturated rings. The molecule has 4 heteroatoms. The van der Waals surface area contributed by atoms with Crippen LogP contribution >= 0.6 is 0 Å². The van der Waals surface area contributed by atoms with Crippen LogP contribution in [0.3, 0.4) is 0 Å². The van der Waals surface area contributed by atoms with Gasteiger partial charge in [0.15, 0.2) is 5.82 Å². The topological polar surface area (TPSA) is 56.7 Å². The van der Waals surface area contributed by atoms with Crippen LogP contribution < -0.4 is 5.73 Å². The smallest absolute Gasteiger partial charge is 0.152 e. The van der Waals surface area contributed by atoms with Crippen LogP contribution in [0.5, 0.6) is 0 Å². The minimum atomic E-state index is 0.591. The Labute approximate surface area is 101 Å². The van der Waals surface area contributed by atoms with Crippen molar-refractivity contribution in [2.24, 2.45) is 12.8 Å². The zero-order chi connectivity index (χ0) is 12.3. The molecule has 1 aromatic heterocycles. The standard InChI is InChI=1S/C13H18N4/c1-10-3-5-11(6-4-10)9-13-15-12(7-8-14)16-17(13)2/h3-6H,7-9,14H2,1-2H3. The molecule has 0 amide bonds. The first-order chi connectivity index (χ1) is 8.19. The lowest BCUT2D eigenvalue weighted by atomic mass is 10.1. The maximum Gasteiger partial charge on any atom is 0.152 e. The van der Waals surface area contributed by atoms with E-state index in [2.05, 4.69) is 41.3 Å². The number of rotatable bonds is 4. The van der Waals surface area contributed by atoms with Gasteiger partial charge in [-0.2, -0.15) is 5.10 Å². The molecule has 2 aromatic rings. The van der Waals surface area contributed by atoms with Crippen molar-refractivity contribution in [3.05, 3.63) is 47.0 Å². The van der Waals surface area contributed by atoms with Crippen molar-refractivity contribution in [2.75, 3.05) is 6.54 Å². The Morgan fingerprint density at radius 1 is 1.24 bits per heavy atom. The van der Waals surface area contributed by atoms with Crippen molar-refractivity contribution in [2.45, 2.75) is 19.8 Å². The fourth-order valence-electron chi connectivity index (χ4n) is 1.75. The summed E-state index contributed by atoms with van der Waals surface area (Å²) in [4.78, 5) is 4.49. The SMILES string of the molecule is Cc1ccc(Cc2nc(CCN)nn2C)cc1. The van der Waals surface area contributed by atoms with E-state index in [1.165, 1.54) is 11.1 Å². The highest BCUT2D eigenvalue weighted by molar-refractivity contribution is 5.23. The normalized spacial score (nSPS) is 10.8. The van der Waals surface area contributed by atoms with Gasteiger partial charge in [0.25, 0.3) is 0 Å². The molecular formula is C13H18N4. The van der Waals surface area contributed by atoms with Gasteiger partial charge in [0.1, 0.15) is 5.82 Å². The minimum Gasteiger partial charge on any atom is -0.330 e. The molecule has 0 unspecified atom stereocenters. The summed E-state index contributed by atoms with van der Waals surface area (Å²) in [6, 6.07) is 8.50. The Morgan fingerprint density at radius 3 is 2.59 bits per heavy atom. The van der Waals surface area contributed by atoms with Gasteiger partial charge < -0.3 is 5.73 Å². The lowest BCUT2D eigenvalue weighted by Gasteiger charge is -2.01. The van der Waals surface area contributed by atoms with E-state index in [-0.39, 0.29) is 0 Å². The van der Waals surface area contributed by atoms with Crippen molar-refractivity contribution >= 4 is 0 Å². The molecule has 4 nitrogen and oxygen atoms in total. The second-order valence-corrected chi connectivity index (χ2v) is 4.27. The van der Waals surface area contributed by atoms with Gasteiger partial charge in [0.2, 0.25) is 0 Å². The van der Waals surface area contributed by atoms with Gasteiger partial charge in [0.05, 0.1) is 0 Å². The zero-order valence-corrected chi connectivity index (χ0v) is 10.3. The largest absolute Gasteiger partial charge is 0.330 e. The van der Waals surface area contributed by atoms with Gasteiger partial charge >= 0.3 is 0 Å². The van der Waals surface area contributed by atoms with Crippen LogP contribution in [-0.4, -0.2) is 21.3 Å². The summed E-state index contributed by atoms with van der Waals surface area (Å²) in [5, 5.41) is 4.34. The van der Waals surface area contributed by atoms with Crippen LogP contribution in [0.25, 0.3) is 0 Å². The van der Waals surface area contributed by atoms with Crippen molar-refractivity contribution in [1.29, 1.82) is 0 Å². The van der Waals surface area contributed by atoms with E-state index in [0.29, 0.717) is 6.54 Å². The maximum absolute atomic E-state index is 5.50. The highest BCUT2D eigenvalue weighted by atomic mass is 15.3. The lowest BCUT2D eigenvalue weighted by Crippen LogP contribution is -2.04. The third kappa shape index (κ3) is 2.91. The van der Waals surface area contributed by atoms with Crippen molar-refractivity contribution in [3.63, 3.8) is 0 Å². The van der Waals surface area contributed by atoms with E-state index in [4.69, 9.17) is 5.73 Å². The first-order valence-corrected chi connectivity index (χ1v) is 5.83. The summed E-state index contributed by atoms with van der Waals surface area (Å²) < 4.78 is 1.84. The fraction of sp³-hybridized carbons (Fsp3) is 0.385. The van der Waals surface area contributed by atoms with Gasteiger partial charge in [-0.15, -0.1) is 0 Å². The molecule has 0 bridgehead atoms. The van der Waals surface area contributed by atoms with Crippen molar-refractivity contribution < 1.29 is 0 Å². The van der Waals surface area contributed by atoms with Crippen LogP contribution in [0.15, 0.2) is 24.3 Å². The fourth-order valence-corrected chi connectivity index (χ4v) is 1.75. The predicted octanol–water partition coefficient (Wildman–Crippen LogP) is 1.22. The molecule has 1 heterocycles. The molecule has 2 N–H and O–H groups in total. The monoisotopic (exact) mass is 230 g/mol. The summed E-state index contributed by atoms with van der Waals surface area (Å²) in [7, 11) is 1.93. The Balaban J connectivity index is 2.15. The van der Waals surface area contributed by atoms with E-state index in [1.807, 2.05) is 11.7 Å². The first kappa shape index (κ1) is 11.8. The summed E-state index contributed by atoms with van der Waals surface area (Å²) in [6.07, 6.45) is 1.55. The zero-order valence-electron chi connectivity index (χ0n) is 10.3. The third-order valence-electron chi connectivity index (χ3n) is 2.75. The Kier molecular flexibility index (Phi) is 3.54. The van der Waals surface area contributed by atoms with Gasteiger partial charge in [-0.1, -0.05) is 29.8 Å². The molecule has 17 heavy (non-hydrogen) atoms. The third-order valence-corrected chi connectivity index (χ3v) is 2.75. The molecule has 1 aromatic carbocycles. The molecule has 2 rings (SSSR count). The first-order valence-electron chi connectivity index (χ1n) is 5.83. The quantitative estimate of drug-likeness (QED) is 0.859. The maximum atomic E-state index is 5.50. The molecule has 0 aliphatic heterocycles. The molecule has 0 spiro atoms. The van der Waals surface area contributed by atoms with Crippen molar-refractivity contribution in [3.8, 4) is 0 Å². The Morgan fingerprint density at radius 2 is 1.94 bits per heavy atom. The summed E-state index contributed by atoms with van der Waals surface area (Å²) in [5.41, 5.74) is 8.03. The van der Waals surface area contributed by atoms with Gasteiger partial charge in [-0.05, 0) is 19.0 Å². The summed E-state index contributed by atoms with van der Waals surface area (Å²) in [5.74, 6) is 1.81. The number of nitrogens with zero attached hydrogens (tertiary/aromatic N) is 3. The molecular weight excluding hydrogens is 212 g/mol. The minimum absolute atomic E-state index is 0.591. The Hall–Kier alpha value is -1.68.